The van der Waals surface area contributed by atoms with E-state index in [1.807, 2.05) is 19.1 Å². The number of ether oxygens (including phenoxy) is 1. The number of carboxylic acid groups (broad SMARTS) is 1. The van der Waals surface area contributed by atoms with Crippen LogP contribution < -0.4 is 10.1 Å². The first-order valence-corrected chi connectivity index (χ1v) is 7.30. The molecule has 2 atom stereocenters. The minimum Gasteiger partial charge on any atom is -0.489 e. The average Bonchev–Trinajstić information content (AvgIpc) is 2.73. The van der Waals surface area contributed by atoms with E-state index in [-0.39, 0.29) is 24.3 Å². The van der Waals surface area contributed by atoms with Crippen molar-refractivity contribution in [1.82, 2.24) is 5.32 Å². The van der Waals surface area contributed by atoms with Gasteiger partial charge < -0.3 is 15.2 Å². The highest BCUT2D eigenvalue weighted by molar-refractivity contribution is 5.97. The molecule has 0 bridgehead atoms. The van der Waals surface area contributed by atoms with Gasteiger partial charge in [-0.05, 0) is 25.8 Å². The topological polar surface area (TPSA) is 75.6 Å². The smallest absolute Gasteiger partial charge is 0.303 e. The molecule has 114 valence electrons. The predicted octanol–water partition coefficient (Wildman–Crippen LogP) is 2.56. The van der Waals surface area contributed by atoms with Gasteiger partial charge in [-0.1, -0.05) is 19.1 Å². The molecule has 1 aromatic rings. The fourth-order valence-corrected chi connectivity index (χ4v) is 2.46. The van der Waals surface area contributed by atoms with Crippen LogP contribution >= 0.6 is 0 Å². The number of carboxylic acids is 1. The summed E-state index contributed by atoms with van der Waals surface area (Å²) in [5.41, 5.74) is 1.63. The Morgan fingerprint density at radius 2 is 2.05 bits per heavy atom. The summed E-state index contributed by atoms with van der Waals surface area (Å²) in [4.78, 5) is 22.6. The van der Waals surface area contributed by atoms with Gasteiger partial charge >= 0.3 is 5.97 Å². The molecule has 0 spiro atoms. The highest BCUT2D eigenvalue weighted by Gasteiger charge is 2.30. The normalized spacial score (nSPS) is 19.7. The number of carbonyl (C=O) groups is 2. The Labute approximate surface area is 124 Å². The standard InChI is InChI=1S/C16H21NO4/c1-10-11(2)21-15-12(10)6-5-7-13(15)16(20)17-9-4-3-8-14(18)19/h5-7,10-11H,3-4,8-9H2,1-2H3,(H,17,20)(H,18,19). The van der Waals surface area contributed by atoms with Crippen molar-refractivity contribution in [3.05, 3.63) is 29.3 Å². The number of aliphatic carboxylic acids is 1. The molecule has 0 radical (unpaired) electrons. The molecule has 5 heteroatoms. The largest absolute Gasteiger partial charge is 0.489 e. The van der Waals surface area contributed by atoms with Crippen molar-refractivity contribution in [2.45, 2.75) is 45.1 Å². The molecule has 1 aliphatic rings. The van der Waals surface area contributed by atoms with Crippen LogP contribution in [0.2, 0.25) is 0 Å². The summed E-state index contributed by atoms with van der Waals surface area (Å²) < 4.78 is 5.79. The van der Waals surface area contributed by atoms with Crippen molar-refractivity contribution in [1.29, 1.82) is 0 Å². The average molecular weight is 291 g/mol. The Morgan fingerprint density at radius 1 is 1.29 bits per heavy atom. The minimum absolute atomic E-state index is 0.0736. The fraction of sp³-hybridized carbons (Fsp3) is 0.500. The van der Waals surface area contributed by atoms with Gasteiger partial charge in [0.1, 0.15) is 11.9 Å². The Kier molecular flexibility index (Phi) is 4.83. The van der Waals surface area contributed by atoms with Crippen molar-refractivity contribution >= 4 is 11.9 Å². The van der Waals surface area contributed by atoms with Crippen LogP contribution in [0.1, 0.15) is 54.9 Å². The first kappa shape index (κ1) is 15.4. The summed E-state index contributed by atoms with van der Waals surface area (Å²) in [6.45, 7) is 4.56. The van der Waals surface area contributed by atoms with Crippen LogP contribution in [0.5, 0.6) is 5.75 Å². The Hall–Kier alpha value is -2.04. The first-order chi connectivity index (χ1) is 10.0. The first-order valence-electron chi connectivity index (χ1n) is 7.30. The van der Waals surface area contributed by atoms with Gasteiger partial charge in [-0.15, -0.1) is 0 Å². The second kappa shape index (κ2) is 6.61. The zero-order valence-corrected chi connectivity index (χ0v) is 12.4. The van der Waals surface area contributed by atoms with Gasteiger partial charge in [0.05, 0.1) is 5.56 Å². The van der Waals surface area contributed by atoms with Gasteiger partial charge in [0, 0.05) is 24.4 Å². The maximum atomic E-state index is 12.2. The lowest BCUT2D eigenvalue weighted by Gasteiger charge is -2.10. The molecule has 2 rings (SSSR count). The number of rotatable bonds is 6. The molecule has 1 aromatic carbocycles. The van der Waals surface area contributed by atoms with Crippen LogP contribution in [0.25, 0.3) is 0 Å². The fourth-order valence-electron chi connectivity index (χ4n) is 2.46. The molecular formula is C16H21NO4. The van der Waals surface area contributed by atoms with Crippen molar-refractivity contribution < 1.29 is 19.4 Å². The van der Waals surface area contributed by atoms with E-state index in [2.05, 4.69) is 12.2 Å². The van der Waals surface area contributed by atoms with E-state index in [0.717, 1.165) is 5.56 Å². The van der Waals surface area contributed by atoms with E-state index in [1.165, 1.54) is 0 Å². The Morgan fingerprint density at radius 3 is 2.76 bits per heavy atom. The molecule has 2 N–H and O–H groups in total. The van der Waals surface area contributed by atoms with Crippen LogP contribution in [-0.4, -0.2) is 29.6 Å². The summed E-state index contributed by atoms with van der Waals surface area (Å²) in [6, 6.07) is 5.62. The molecule has 2 unspecified atom stereocenters. The van der Waals surface area contributed by atoms with Crippen LogP contribution in [0.4, 0.5) is 0 Å². The van der Waals surface area contributed by atoms with E-state index in [0.29, 0.717) is 30.7 Å². The molecule has 0 saturated heterocycles. The van der Waals surface area contributed by atoms with Crippen LogP contribution in [-0.2, 0) is 4.79 Å². The quantitative estimate of drug-likeness (QED) is 0.790. The predicted molar refractivity (Wildman–Crippen MR) is 78.8 cm³/mol. The molecule has 0 aromatic heterocycles. The lowest BCUT2D eigenvalue weighted by atomic mass is 9.97. The van der Waals surface area contributed by atoms with Crippen molar-refractivity contribution in [2.24, 2.45) is 0 Å². The second-order valence-corrected chi connectivity index (χ2v) is 5.44. The monoisotopic (exact) mass is 291 g/mol. The van der Waals surface area contributed by atoms with Gasteiger partial charge in [0.2, 0.25) is 0 Å². The summed E-state index contributed by atoms with van der Waals surface area (Å²) in [7, 11) is 0. The third-order valence-corrected chi connectivity index (χ3v) is 3.89. The number of fused-ring (bicyclic) bond motifs is 1. The number of para-hydroxylation sites is 1. The molecule has 1 heterocycles. The van der Waals surface area contributed by atoms with E-state index < -0.39 is 5.97 Å². The van der Waals surface area contributed by atoms with Gasteiger partial charge in [-0.25, -0.2) is 0 Å². The molecule has 21 heavy (non-hydrogen) atoms. The molecule has 0 aliphatic carbocycles. The van der Waals surface area contributed by atoms with Gasteiger partial charge in [0.25, 0.3) is 5.91 Å². The van der Waals surface area contributed by atoms with E-state index in [9.17, 15) is 9.59 Å². The van der Waals surface area contributed by atoms with Gasteiger partial charge in [0.15, 0.2) is 0 Å². The zero-order valence-electron chi connectivity index (χ0n) is 12.4. The zero-order chi connectivity index (χ0) is 15.4. The van der Waals surface area contributed by atoms with Crippen molar-refractivity contribution in [3.8, 4) is 5.75 Å². The Balaban J connectivity index is 1.94. The minimum atomic E-state index is -0.807. The highest BCUT2D eigenvalue weighted by Crippen LogP contribution is 2.40. The number of carbonyl (C=O) groups excluding carboxylic acids is 1. The number of nitrogens with one attached hydrogen (secondary N) is 1. The lowest BCUT2D eigenvalue weighted by molar-refractivity contribution is -0.137. The maximum absolute atomic E-state index is 12.2. The lowest BCUT2D eigenvalue weighted by Crippen LogP contribution is -2.25. The van der Waals surface area contributed by atoms with Crippen LogP contribution in [0.3, 0.4) is 0 Å². The van der Waals surface area contributed by atoms with Crippen molar-refractivity contribution in [2.75, 3.05) is 6.54 Å². The number of hydrogen-bond acceptors (Lipinski definition) is 3. The van der Waals surface area contributed by atoms with E-state index in [1.54, 1.807) is 6.07 Å². The number of benzene rings is 1. The van der Waals surface area contributed by atoms with E-state index >= 15 is 0 Å². The molecule has 0 saturated carbocycles. The Bertz CT molecular complexity index is 541. The maximum Gasteiger partial charge on any atom is 0.303 e. The summed E-state index contributed by atoms with van der Waals surface area (Å²) in [6.07, 6.45) is 1.42. The number of hydrogen-bond donors (Lipinski definition) is 2. The SMILES string of the molecule is CC1Oc2c(C(=O)NCCCCC(=O)O)cccc2C1C. The second-order valence-electron chi connectivity index (χ2n) is 5.44. The van der Waals surface area contributed by atoms with Gasteiger partial charge in [-0.3, -0.25) is 9.59 Å². The van der Waals surface area contributed by atoms with Crippen LogP contribution in [0.15, 0.2) is 18.2 Å². The van der Waals surface area contributed by atoms with E-state index in [4.69, 9.17) is 9.84 Å². The summed E-state index contributed by atoms with van der Waals surface area (Å²) in [5.74, 6) is -0.00842. The molecule has 5 nitrogen and oxygen atoms in total. The molecule has 0 fully saturated rings. The number of amides is 1. The highest BCUT2D eigenvalue weighted by atomic mass is 16.5. The number of unbranched alkanes of at least 4 members (excludes halogenated alkanes) is 1. The molecule has 1 aliphatic heterocycles. The molecular weight excluding hydrogens is 270 g/mol. The van der Waals surface area contributed by atoms with Crippen molar-refractivity contribution in [3.63, 3.8) is 0 Å². The van der Waals surface area contributed by atoms with Crippen LogP contribution in [0, 0.1) is 0 Å². The third kappa shape index (κ3) is 3.54. The van der Waals surface area contributed by atoms with Gasteiger partial charge in [-0.2, -0.15) is 0 Å². The third-order valence-electron chi connectivity index (χ3n) is 3.89. The summed E-state index contributed by atoms with van der Waals surface area (Å²) >= 11 is 0. The summed E-state index contributed by atoms with van der Waals surface area (Å²) in [5, 5.41) is 11.4. The molecule has 1 amide bonds.